The number of pyridine rings is 1. The van der Waals surface area contributed by atoms with Gasteiger partial charge in [-0.2, -0.15) is 0 Å². The number of nitrogens with one attached hydrogen (secondary N) is 1. The number of carbonyl (C=O) groups excluding carboxylic acids is 1. The smallest absolute Gasteiger partial charge is 0.335 e. The minimum absolute atomic E-state index is 0.0270. The van der Waals surface area contributed by atoms with Crippen molar-refractivity contribution in [2.45, 2.75) is 0 Å². The Morgan fingerprint density at radius 2 is 1.95 bits per heavy atom. The van der Waals surface area contributed by atoms with Gasteiger partial charge < -0.3 is 10.4 Å². The van der Waals surface area contributed by atoms with Gasteiger partial charge in [0.05, 0.1) is 16.1 Å². The molecule has 2 aromatic rings. The average molecular weight is 437 g/mol. The van der Waals surface area contributed by atoms with E-state index < -0.39 is 11.9 Å². The van der Waals surface area contributed by atoms with Crippen molar-refractivity contribution in [1.82, 2.24) is 4.98 Å². The summed E-state index contributed by atoms with van der Waals surface area (Å²) in [7, 11) is 0. The maximum absolute atomic E-state index is 12.2. The normalized spacial score (nSPS) is 10.2. The van der Waals surface area contributed by atoms with Crippen molar-refractivity contribution in [2.75, 3.05) is 5.32 Å². The zero-order valence-corrected chi connectivity index (χ0v) is 13.9. The van der Waals surface area contributed by atoms with Gasteiger partial charge in [0, 0.05) is 14.8 Å². The fourth-order valence-corrected chi connectivity index (χ4v) is 2.59. The molecule has 1 aromatic heterocycles. The summed E-state index contributed by atoms with van der Waals surface area (Å²) >= 11 is 13.8. The van der Waals surface area contributed by atoms with Crippen LogP contribution >= 0.6 is 45.8 Å². The Kier molecular flexibility index (Phi) is 5.02. The minimum atomic E-state index is -1.10. The molecule has 108 valence electrons. The van der Waals surface area contributed by atoms with E-state index in [0.29, 0.717) is 13.6 Å². The van der Waals surface area contributed by atoms with E-state index in [0.717, 1.165) is 0 Å². The van der Waals surface area contributed by atoms with Crippen LogP contribution in [0.15, 0.2) is 30.5 Å². The summed E-state index contributed by atoms with van der Waals surface area (Å²) in [6.07, 6.45) is 1.30. The van der Waals surface area contributed by atoms with Crippen LogP contribution < -0.4 is 5.32 Å². The Bertz CT molecular complexity index is 737. The molecule has 2 N–H and O–H groups in total. The number of hydrogen-bond acceptors (Lipinski definition) is 3. The number of anilines is 1. The SMILES string of the molecule is O=C(O)c1ccnc(NC(=O)c2cc(Cl)cc(Cl)c2I)c1. The highest BCUT2D eigenvalue weighted by atomic mass is 127. The second-order valence-electron chi connectivity index (χ2n) is 3.94. The number of carboxylic acid groups (broad SMARTS) is 1. The number of amides is 1. The molecule has 21 heavy (non-hydrogen) atoms. The number of aromatic nitrogens is 1. The maximum atomic E-state index is 12.2. The number of carbonyl (C=O) groups is 2. The molecule has 1 aromatic carbocycles. The summed E-state index contributed by atoms with van der Waals surface area (Å²) < 4.78 is 0.547. The highest BCUT2D eigenvalue weighted by Gasteiger charge is 2.15. The van der Waals surface area contributed by atoms with Crippen molar-refractivity contribution in [3.63, 3.8) is 0 Å². The second kappa shape index (κ2) is 6.59. The zero-order chi connectivity index (χ0) is 15.6. The van der Waals surface area contributed by atoms with E-state index in [1.807, 2.05) is 22.6 Å². The third-order valence-corrected chi connectivity index (χ3v) is 4.48. The van der Waals surface area contributed by atoms with E-state index in [2.05, 4.69) is 10.3 Å². The molecule has 0 aliphatic carbocycles. The number of nitrogens with zero attached hydrogens (tertiary/aromatic N) is 1. The van der Waals surface area contributed by atoms with E-state index in [4.69, 9.17) is 28.3 Å². The molecule has 8 heteroatoms. The molecule has 0 fully saturated rings. The fourth-order valence-electron chi connectivity index (χ4n) is 1.54. The number of aromatic carboxylic acids is 1. The summed E-state index contributed by atoms with van der Waals surface area (Å²) in [5, 5.41) is 12.1. The molecule has 0 aliphatic heterocycles. The first-order valence-corrected chi connectivity index (χ1v) is 7.37. The van der Waals surface area contributed by atoms with Crippen molar-refractivity contribution >= 4 is 63.5 Å². The number of benzene rings is 1. The largest absolute Gasteiger partial charge is 0.478 e. The van der Waals surface area contributed by atoms with Gasteiger partial charge in [0.25, 0.3) is 5.91 Å². The first-order valence-electron chi connectivity index (χ1n) is 5.53. The van der Waals surface area contributed by atoms with Crippen LogP contribution in [0.4, 0.5) is 5.82 Å². The molecule has 1 heterocycles. The molecule has 0 spiro atoms. The molecule has 2 rings (SSSR count). The van der Waals surface area contributed by atoms with Crippen molar-refractivity contribution in [3.8, 4) is 0 Å². The van der Waals surface area contributed by atoms with Gasteiger partial charge in [-0.05, 0) is 46.9 Å². The summed E-state index contributed by atoms with van der Waals surface area (Å²) in [5.41, 5.74) is 0.315. The molecular formula is C13H7Cl2IN2O3. The van der Waals surface area contributed by atoms with E-state index in [9.17, 15) is 9.59 Å². The highest BCUT2D eigenvalue weighted by Crippen LogP contribution is 2.27. The number of hydrogen-bond donors (Lipinski definition) is 2. The van der Waals surface area contributed by atoms with E-state index in [1.165, 1.54) is 30.5 Å². The summed E-state index contributed by atoms with van der Waals surface area (Å²) in [6.45, 7) is 0. The van der Waals surface area contributed by atoms with Crippen molar-refractivity contribution in [3.05, 3.63) is 55.2 Å². The van der Waals surface area contributed by atoms with Gasteiger partial charge >= 0.3 is 5.97 Å². The predicted octanol–water partition coefficient (Wildman–Crippen LogP) is 3.94. The quantitative estimate of drug-likeness (QED) is 0.564. The lowest BCUT2D eigenvalue weighted by Gasteiger charge is -2.08. The van der Waals surface area contributed by atoms with Gasteiger partial charge in [-0.15, -0.1) is 0 Å². The van der Waals surface area contributed by atoms with Crippen LogP contribution in [0.5, 0.6) is 0 Å². The number of halogens is 3. The standard InChI is InChI=1S/C13H7Cl2IN2O3/c14-7-4-8(11(16)9(15)5-7)12(19)18-10-3-6(13(20)21)1-2-17-10/h1-5H,(H,20,21)(H,17,18,19). The summed E-state index contributed by atoms with van der Waals surface area (Å²) in [6, 6.07) is 5.60. The molecule has 0 atom stereocenters. The second-order valence-corrected chi connectivity index (χ2v) is 5.86. The fraction of sp³-hybridized carbons (Fsp3) is 0. The molecule has 0 bridgehead atoms. The van der Waals surface area contributed by atoms with Gasteiger partial charge in [0.1, 0.15) is 5.82 Å². The van der Waals surface area contributed by atoms with E-state index >= 15 is 0 Å². The number of rotatable bonds is 3. The maximum Gasteiger partial charge on any atom is 0.335 e. The van der Waals surface area contributed by atoms with Gasteiger partial charge in [-0.25, -0.2) is 9.78 Å². The Hall–Kier alpha value is -1.38. The molecular weight excluding hydrogens is 430 g/mol. The van der Waals surface area contributed by atoms with Crippen LogP contribution in [-0.4, -0.2) is 22.0 Å². The Morgan fingerprint density at radius 1 is 1.24 bits per heavy atom. The molecule has 0 aliphatic rings. The monoisotopic (exact) mass is 436 g/mol. The Labute approximate surface area is 143 Å². The lowest BCUT2D eigenvalue weighted by Crippen LogP contribution is -2.15. The van der Waals surface area contributed by atoms with Crippen molar-refractivity contribution in [2.24, 2.45) is 0 Å². The lowest BCUT2D eigenvalue weighted by atomic mass is 10.2. The first-order chi connectivity index (χ1) is 9.88. The van der Waals surface area contributed by atoms with E-state index in [1.54, 1.807) is 0 Å². The zero-order valence-electron chi connectivity index (χ0n) is 10.2. The van der Waals surface area contributed by atoms with Gasteiger partial charge in [0.15, 0.2) is 0 Å². The van der Waals surface area contributed by atoms with Crippen LogP contribution in [0, 0.1) is 3.57 Å². The topological polar surface area (TPSA) is 79.3 Å². The Balaban J connectivity index is 2.30. The van der Waals surface area contributed by atoms with Gasteiger partial charge in [-0.1, -0.05) is 23.2 Å². The summed E-state index contributed by atoms with van der Waals surface area (Å²) in [5.74, 6) is -1.45. The third kappa shape index (κ3) is 3.84. The van der Waals surface area contributed by atoms with Crippen LogP contribution in [-0.2, 0) is 0 Å². The van der Waals surface area contributed by atoms with Crippen LogP contribution in [0.25, 0.3) is 0 Å². The van der Waals surface area contributed by atoms with Crippen molar-refractivity contribution in [1.29, 1.82) is 0 Å². The third-order valence-electron chi connectivity index (χ3n) is 2.49. The molecule has 1 amide bonds. The predicted molar refractivity (Wildman–Crippen MR) is 88.3 cm³/mol. The minimum Gasteiger partial charge on any atom is -0.478 e. The van der Waals surface area contributed by atoms with Crippen LogP contribution in [0.3, 0.4) is 0 Å². The van der Waals surface area contributed by atoms with Crippen molar-refractivity contribution < 1.29 is 14.7 Å². The Morgan fingerprint density at radius 3 is 2.62 bits per heavy atom. The molecule has 0 saturated heterocycles. The average Bonchev–Trinajstić information content (AvgIpc) is 2.43. The highest BCUT2D eigenvalue weighted by molar-refractivity contribution is 14.1. The molecule has 0 saturated carbocycles. The molecule has 5 nitrogen and oxygen atoms in total. The van der Waals surface area contributed by atoms with Crippen LogP contribution in [0.2, 0.25) is 10.0 Å². The molecule has 0 unspecified atom stereocenters. The lowest BCUT2D eigenvalue weighted by molar-refractivity contribution is 0.0696. The number of carboxylic acids is 1. The summed E-state index contributed by atoms with van der Waals surface area (Å²) in [4.78, 5) is 27.0. The van der Waals surface area contributed by atoms with Gasteiger partial charge in [0.2, 0.25) is 0 Å². The first kappa shape index (κ1) is 16.0. The van der Waals surface area contributed by atoms with E-state index in [-0.39, 0.29) is 16.9 Å². The van der Waals surface area contributed by atoms with Crippen LogP contribution in [0.1, 0.15) is 20.7 Å². The van der Waals surface area contributed by atoms with Gasteiger partial charge in [-0.3, -0.25) is 4.79 Å². The molecule has 0 radical (unpaired) electrons.